The Morgan fingerprint density at radius 1 is 1.71 bits per heavy atom. The third-order valence-electron chi connectivity index (χ3n) is 0.685. The minimum absolute atomic E-state index is 0.0741. The summed E-state index contributed by atoms with van der Waals surface area (Å²) in [7, 11) is 0. The first-order valence-corrected chi connectivity index (χ1v) is 2.33. The molecule has 0 fully saturated rings. The van der Waals surface area contributed by atoms with Crippen LogP contribution in [0.1, 0.15) is 13.8 Å². The summed E-state index contributed by atoms with van der Waals surface area (Å²) in [4.78, 5) is 0. The van der Waals surface area contributed by atoms with Crippen LogP contribution in [0.25, 0.3) is 0 Å². The Kier molecular flexibility index (Phi) is 3.65. The highest BCUT2D eigenvalue weighted by atomic mass is 16.5. The van der Waals surface area contributed by atoms with Crippen molar-refractivity contribution in [2.45, 2.75) is 19.9 Å². The summed E-state index contributed by atoms with van der Waals surface area (Å²) in [6.45, 7) is 3.77. The molecule has 0 aliphatic carbocycles. The van der Waals surface area contributed by atoms with Gasteiger partial charge in [-0.25, -0.2) is 0 Å². The fourth-order valence-electron chi connectivity index (χ4n) is 0.332. The predicted molar refractivity (Wildman–Crippen MR) is 29.2 cm³/mol. The van der Waals surface area contributed by atoms with E-state index >= 15 is 0 Å². The van der Waals surface area contributed by atoms with Crippen molar-refractivity contribution in [1.82, 2.24) is 5.48 Å². The molecule has 2 heteroatoms. The zero-order chi connectivity index (χ0) is 5.70. The molecule has 42 valence electrons. The zero-order valence-electron chi connectivity index (χ0n) is 4.68. The summed E-state index contributed by atoms with van der Waals surface area (Å²) in [5.41, 5.74) is 2.08. The lowest BCUT2D eigenvalue weighted by Crippen LogP contribution is -2.18. The molecule has 0 rings (SSSR count). The highest BCUT2D eigenvalue weighted by molar-refractivity contribution is 4.85. The van der Waals surface area contributed by atoms with Gasteiger partial charge in [-0.2, -0.15) is 5.48 Å². The lowest BCUT2D eigenvalue weighted by Gasteiger charge is -1.97. The highest BCUT2D eigenvalue weighted by Gasteiger charge is 1.85. The van der Waals surface area contributed by atoms with Gasteiger partial charge in [0.1, 0.15) is 0 Å². The van der Waals surface area contributed by atoms with E-state index in [0.29, 0.717) is 0 Å². The monoisotopic (exact) mass is 101 g/mol. The van der Waals surface area contributed by atoms with Crippen LogP contribution in [0.15, 0.2) is 12.2 Å². The van der Waals surface area contributed by atoms with Gasteiger partial charge >= 0.3 is 0 Å². The molecule has 0 amide bonds. The fourth-order valence-corrected chi connectivity index (χ4v) is 0.332. The summed E-state index contributed by atoms with van der Waals surface area (Å²) in [5.74, 6) is 0. The van der Waals surface area contributed by atoms with E-state index in [1.54, 1.807) is 0 Å². The maximum absolute atomic E-state index is 8.16. The Morgan fingerprint density at radius 2 is 2.29 bits per heavy atom. The van der Waals surface area contributed by atoms with Crippen LogP contribution in [0.5, 0.6) is 0 Å². The van der Waals surface area contributed by atoms with Crippen molar-refractivity contribution >= 4 is 0 Å². The lowest BCUT2D eigenvalue weighted by atomic mass is 10.3. The van der Waals surface area contributed by atoms with Gasteiger partial charge in [0.05, 0.1) is 0 Å². The maximum atomic E-state index is 8.16. The van der Waals surface area contributed by atoms with Crippen molar-refractivity contribution in [2.24, 2.45) is 0 Å². The van der Waals surface area contributed by atoms with E-state index in [2.05, 4.69) is 5.48 Å². The van der Waals surface area contributed by atoms with Crippen LogP contribution in [-0.4, -0.2) is 11.2 Å². The summed E-state index contributed by atoms with van der Waals surface area (Å²) in [6.07, 6.45) is 3.74. The smallest absolute Gasteiger partial charge is 0.0471 e. The number of rotatable bonds is 2. The Bertz CT molecular complexity index is 61.1. The molecule has 0 aromatic rings. The number of hydrogen-bond donors (Lipinski definition) is 2. The number of hydrogen-bond acceptors (Lipinski definition) is 2. The van der Waals surface area contributed by atoms with Gasteiger partial charge in [0, 0.05) is 6.04 Å². The van der Waals surface area contributed by atoms with Gasteiger partial charge in [0.25, 0.3) is 0 Å². The Morgan fingerprint density at radius 3 is 2.43 bits per heavy atom. The summed E-state index contributed by atoms with van der Waals surface area (Å²) in [5, 5.41) is 8.16. The molecule has 0 spiro atoms. The van der Waals surface area contributed by atoms with E-state index in [4.69, 9.17) is 5.21 Å². The molecule has 2 N–H and O–H groups in total. The molecule has 0 saturated heterocycles. The van der Waals surface area contributed by atoms with Gasteiger partial charge in [0.2, 0.25) is 0 Å². The minimum Gasteiger partial charge on any atom is -0.316 e. The molecule has 0 aliphatic rings. The molecule has 0 aliphatic heterocycles. The second kappa shape index (κ2) is 3.84. The second-order valence-electron chi connectivity index (χ2n) is 1.44. The maximum Gasteiger partial charge on any atom is 0.0471 e. The predicted octanol–water partition coefficient (Wildman–Crippen LogP) is 0.930. The first-order valence-electron chi connectivity index (χ1n) is 2.33. The van der Waals surface area contributed by atoms with E-state index in [1.165, 1.54) is 0 Å². The lowest BCUT2D eigenvalue weighted by molar-refractivity contribution is 0.149. The zero-order valence-corrected chi connectivity index (χ0v) is 4.68. The normalized spacial score (nSPS) is 15.3. The summed E-state index contributed by atoms with van der Waals surface area (Å²) < 4.78 is 0. The SMILES string of the molecule is C/C=C\C(C)NO. The molecule has 7 heavy (non-hydrogen) atoms. The van der Waals surface area contributed by atoms with E-state index < -0.39 is 0 Å². The fraction of sp³-hybridized carbons (Fsp3) is 0.600. The Balaban J connectivity index is 3.16. The first kappa shape index (κ1) is 6.66. The third kappa shape index (κ3) is 3.49. The standard InChI is InChI=1S/C5H11NO/c1-3-4-5(2)6-7/h3-7H,1-2H3/b4-3-. The molecule has 0 radical (unpaired) electrons. The van der Waals surface area contributed by atoms with Crippen LogP contribution in [-0.2, 0) is 0 Å². The highest BCUT2D eigenvalue weighted by Crippen LogP contribution is 1.79. The molecule has 1 unspecified atom stereocenters. The van der Waals surface area contributed by atoms with E-state index in [-0.39, 0.29) is 6.04 Å². The molecule has 0 saturated carbocycles. The van der Waals surface area contributed by atoms with Crippen LogP contribution < -0.4 is 5.48 Å². The number of hydroxylamine groups is 1. The largest absolute Gasteiger partial charge is 0.316 e. The van der Waals surface area contributed by atoms with Crippen LogP contribution >= 0.6 is 0 Å². The quantitative estimate of drug-likeness (QED) is 0.400. The van der Waals surface area contributed by atoms with Gasteiger partial charge in [-0.1, -0.05) is 12.2 Å². The van der Waals surface area contributed by atoms with E-state index in [1.807, 2.05) is 26.0 Å². The van der Waals surface area contributed by atoms with Gasteiger partial charge in [-0.05, 0) is 13.8 Å². The molecule has 2 nitrogen and oxygen atoms in total. The van der Waals surface area contributed by atoms with Gasteiger partial charge in [-0.3, -0.25) is 0 Å². The molecule has 1 atom stereocenters. The molecular formula is C5H11NO. The Hall–Kier alpha value is -0.340. The molecule has 0 aromatic heterocycles. The van der Waals surface area contributed by atoms with Crippen molar-refractivity contribution < 1.29 is 5.21 Å². The molecule has 0 aromatic carbocycles. The van der Waals surface area contributed by atoms with Crippen molar-refractivity contribution in [3.8, 4) is 0 Å². The molecule has 0 heterocycles. The second-order valence-corrected chi connectivity index (χ2v) is 1.44. The van der Waals surface area contributed by atoms with Crippen LogP contribution in [0, 0.1) is 0 Å². The van der Waals surface area contributed by atoms with Crippen molar-refractivity contribution in [1.29, 1.82) is 0 Å². The average molecular weight is 101 g/mol. The van der Waals surface area contributed by atoms with Crippen LogP contribution in [0.4, 0.5) is 0 Å². The number of nitrogens with one attached hydrogen (secondary N) is 1. The van der Waals surface area contributed by atoms with E-state index in [9.17, 15) is 0 Å². The summed E-state index contributed by atoms with van der Waals surface area (Å²) in [6, 6.07) is 0.0741. The van der Waals surface area contributed by atoms with Crippen molar-refractivity contribution in [3.63, 3.8) is 0 Å². The first-order chi connectivity index (χ1) is 3.31. The minimum atomic E-state index is 0.0741. The topological polar surface area (TPSA) is 32.3 Å². The van der Waals surface area contributed by atoms with Gasteiger partial charge < -0.3 is 5.21 Å². The van der Waals surface area contributed by atoms with Crippen LogP contribution in [0.3, 0.4) is 0 Å². The van der Waals surface area contributed by atoms with E-state index in [0.717, 1.165) is 0 Å². The van der Waals surface area contributed by atoms with Gasteiger partial charge in [-0.15, -0.1) is 0 Å². The van der Waals surface area contributed by atoms with Gasteiger partial charge in [0.15, 0.2) is 0 Å². The average Bonchev–Trinajstić information content (AvgIpc) is 1.68. The molecular weight excluding hydrogens is 90.1 g/mol. The third-order valence-corrected chi connectivity index (χ3v) is 0.685. The van der Waals surface area contributed by atoms with Crippen LogP contribution in [0.2, 0.25) is 0 Å². The number of allylic oxidation sites excluding steroid dienone is 1. The molecule has 0 bridgehead atoms. The Labute approximate surface area is 43.8 Å². The van der Waals surface area contributed by atoms with Crippen molar-refractivity contribution in [3.05, 3.63) is 12.2 Å². The summed E-state index contributed by atoms with van der Waals surface area (Å²) >= 11 is 0. The van der Waals surface area contributed by atoms with Crippen molar-refractivity contribution in [2.75, 3.05) is 0 Å².